The summed E-state index contributed by atoms with van der Waals surface area (Å²) in [4.78, 5) is 12.5. The van der Waals surface area contributed by atoms with Crippen LogP contribution in [0, 0.1) is 0 Å². The Morgan fingerprint density at radius 3 is 2.95 bits per heavy atom. The summed E-state index contributed by atoms with van der Waals surface area (Å²) in [6, 6.07) is 7.00. The number of rotatable bonds is 3. The Balaban J connectivity index is 2.04. The third-order valence-electron chi connectivity index (χ3n) is 3.23. The van der Waals surface area contributed by atoms with Gasteiger partial charge in [-0.15, -0.1) is 0 Å². The number of aryl methyl sites for hydroxylation is 1. The molecule has 98 valence electrons. The van der Waals surface area contributed by atoms with E-state index in [9.17, 15) is 4.79 Å². The van der Waals surface area contributed by atoms with Gasteiger partial charge >= 0.3 is 0 Å². The highest BCUT2D eigenvalue weighted by atomic mass is 35.5. The van der Waals surface area contributed by atoms with E-state index in [1.54, 1.807) is 12.1 Å². The maximum Gasteiger partial charge on any atom is 0.231 e. The maximum atomic E-state index is 12.5. The van der Waals surface area contributed by atoms with Crippen LogP contribution in [0.2, 0.25) is 5.02 Å². The van der Waals surface area contributed by atoms with Crippen LogP contribution in [0.5, 0.6) is 5.75 Å². The van der Waals surface area contributed by atoms with Crippen molar-refractivity contribution in [1.29, 1.82) is 0 Å². The van der Waals surface area contributed by atoms with Gasteiger partial charge in [-0.05, 0) is 29.8 Å². The first-order chi connectivity index (χ1) is 9.19. The van der Waals surface area contributed by atoms with E-state index in [0.29, 0.717) is 28.7 Å². The number of ketones is 1. The number of benzene rings is 1. The van der Waals surface area contributed by atoms with Crippen LogP contribution in [0.4, 0.5) is 0 Å². The van der Waals surface area contributed by atoms with Gasteiger partial charge in [-0.1, -0.05) is 18.5 Å². The second-order valence-corrected chi connectivity index (χ2v) is 4.93. The second kappa shape index (κ2) is 4.74. The molecule has 0 saturated carbocycles. The van der Waals surface area contributed by atoms with Crippen LogP contribution in [0.3, 0.4) is 0 Å². The Kier molecular flexibility index (Phi) is 3.07. The molecule has 19 heavy (non-hydrogen) atoms. The van der Waals surface area contributed by atoms with Gasteiger partial charge in [0.05, 0.1) is 12.2 Å². The summed E-state index contributed by atoms with van der Waals surface area (Å²) >= 11 is 6.05. The lowest BCUT2D eigenvalue weighted by Crippen LogP contribution is -2.02. The normalized spacial score (nSPS) is 13.2. The zero-order valence-corrected chi connectivity index (χ0v) is 11.3. The fourth-order valence-electron chi connectivity index (χ4n) is 2.26. The topological polar surface area (TPSA) is 39.4 Å². The van der Waals surface area contributed by atoms with Crippen molar-refractivity contribution in [3.63, 3.8) is 0 Å². The minimum Gasteiger partial charge on any atom is -0.492 e. The molecule has 0 radical (unpaired) electrons. The number of carbonyl (C=O) groups excluding carboxylic acids is 1. The molecule has 1 aromatic carbocycles. The van der Waals surface area contributed by atoms with E-state index in [1.807, 2.05) is 19.1 Å². The fourth-order valence-corrected chi connectivity index (χ4v) is 2.50. The van der Waals surface area contributed by atoms with E-state index in [-0.39, 0.29) is 5.78 Å². The van der Waals surface area contributed by atoms with Gasteiger partial charge < -0.3 is 9.15 Å². The molecule has 0 spiro atoms. The second-order valence-electron chi connectivity index (χ2n) is 4.49. The molecule has 1 aromatic heterocycles. The first kappa shape index (κ1) is 12.3. The van der Waals surface area contributed by atoms with E-state index in [4.69, 9.17) is 20.8 Å². The molecule has 2 aromatic rings. The Morgan fingerprint density at radius 1 is 1.37 bits per heavy atom. The molecule has 1 aliphatic rings. The molecule has 1 aliphatic heterocycles. The fraction of sp³-hybridized carbons (Fsp3) is 0.267. The van der Waals surface area contributed by atoms with Gasteiger partial charge in [0.2, 0.25) is 5.78 Å². The number of ether oxygens (including phenoxy) is 1. The highest BCUT2D eigenvalue weighted by molar-refractivity contribution is 6.31. The number of halogens is 1. The molecular formula is C15H13ClO3. The van der Waals surface area contributed by atoms with Crippen molar-refractivity contribution < 1.29 is 13.9 Å². The van der Waals surface area contributed by atoms with Crippen molar-refractivity contribution in [2.24, 2.45) is 0 Å². The van der Waals surface area contributed by atoms with Crippen molar-refractivity contribution in [2.75, 3.05) is 6.61 Å². The quantitative estimate of drug-likeness (QED) is 0.803. The lowest BCUT2D eigenvalue weighted by Gasteiger charge is -2.06. The number of hydrogen-bond acceptors (Lipinski definition) is 3. The monoisotopic (exact) mass is 276 g/mol. The average molecular weight is 277 g/mol. The van der Waals surface area contributed by atoms with Gasteiger partial charge in [-0.2, -0.15) is 0 Å². The van der Waals surface area contributed by atoms with E-state index < -0.39 is 0 Å². The third-order valence-corrected chi connectivity index (χ3v) is 3.45. The molecule has 0 saturated heterocycles. The molecule has 0 atom stereocenters. The highest BCUT2D eigenvalue weighted by Crippen LogP contribution is 2.34. The molecule has 3 rings (SSSR count). The van der Waals surface area contributed by atoms with E-state index in [2.05, 4.69) is 0 Å². The van der Waals surface area contributed by atoms with Crippen molar-refractivity contribution in [3.05, 3.63) is 51.9 Å². The number of furan rings is 1. The summed E-state index contributed by atoms with van der Waals surface area (Å²) in [7, 11) is 0. The smallest absolute Gasteiger partial charge is 0.231 e. The van der Waals surface area contributed by atoms with Crippen LogP contribution in [0.15, 0.2) is 28.7 Å². The highest BCUT2D eigenvalue weighted by Gasteiger charge is 2.24. The zero-order chi connectivity index (χ0) is 13.4. The van der Waals surface area contributed by atoms with Crippen molar-refractivity contribution in [1.82, 2.24) is 0 Å². The number of fused-ring (bicyclic) bond motifs is 1. The van der Waals surface area contributed by atoms with Crippen LogP contribution < -0.4 is 4.74 Å². The molecule has 2 heterocycles. The Hall–Kier alpha value is -1.74. The first-order valence-electron chi connectivity index (χ1n) is 6.27. The van der Waals surface area contributed by atoms with Gasteiger partial charge in [0.25, 0.3) is 0 Å². The molecule has 0 N–H and O–H groups in total. The van der Waals surface area contributed by atoms with Crippen molar-refractivity contribution in [3.8, 4) is 5.75 Å². The largest absolute Gasteiger partial charge is 0.492 e. The molecule has 0 amide bonds. The molecule has 0 aliphatic carbocycles. The Labute approximate surface area is 116 Å². The van der Waals surface area contributed by atoms with Crippen LogP contribution in [0.1, 0.15) is 34.4 Å². The Bertz CT molecular complexity index is 643. The summed E-state index contributed by atoms with van der Waals surface area (Å²) in [6.07, 6.45) is 1.55. The minimum absolute atomic E-state index is 0.180. The van der Waals surface area contributed by atoms with Gasteiger partial charge in [-0.3, -0.25) is 4.79 Å². The molecule has 0 fully saturated rings. The maximum absolute atomic E-state index is 12.5. The molecule has 0 bridgehead atoms. The first-order valence-corrected chi connectivity index (χ1v) is 6.65. The van der Waals surface area contributed by atoms with Crippen LogP contribution in [-0.2, 0) is 12.8 Å². The van der Waals surface area contributed by atoms with Gasteiger partial charge in [0.15, 0.2) is 5.76 Å². The SMILES string of the molecule is CCc1ccc(C(=O)c2cc(Cl)cc3c2OCC3)o1. The molecule has 4 heteroatoms. The zero-order valence-electron chi connectivity index (χ0n) is 10.5. The van der Waals surface area contributed by atoms with Crippen molar-refractivity contribution >= 4 is 17.4 Å². The summed E-state index contributed by atoms with van der Waals surface area (Å²) in [5.41, 5.74) is 1.47. The predicted molar refractivity (Wildman–Crippen MR) is 72.2 cm³/mol. The van der Waals surface area contributed by atoms with Gasteiger partial charge in [-0.25, -0.2) is 0 Å². The standard InChI is InChI=1S/C15H13ClO3/c1-2-11-3-4-13(19-11)14(17)12-8-10(16)7-9-5-6-18-15(9)12/h3-4,7-8H,2,5-6H2,1H3. The lowest BCUT2D eigenvalue weighted by molar-refractivity contribution is 0.100. The number of hydrogen-bond donors (Lipinski definition) is 0. The molecular weight excluding hydrogens is 264 g/mol. The van der Waals surface area contributed by atoms with Crippen LogP contribution in [0.25, 0.3) is 0 Å². The average Bonchev–Trinajstić information content (AvgIpc) is 3.04. The minimum atomic E-state index is -0.180. The van der Waals surface area contributed by atoms with Crippen LogP contribution >= 0.6 is 11.6 Å². The van der Waals surface area contributed by atoms with Gasteiger partial charge in [0.1, 0.15) is 11.5 Å². The summed E-state index contributed by atoms with van der Waals surface area (Å²) in [5.74, 6) is 1.59. The van der Waals surface area contributed by atoms with Crippen molar-refractivity contribution in [2.45, 2.75) is 19.8 Å². The lowest BCUT2D eigenvalue weighted by atomic mass is 10.0. The van der Waals surface area contributed by atoms with E-state index >= 15 is 0 Å². The number of carbonyl (C=O) groups is 1. The summed E-state index contributed by atoms with van der Waals surface area (Å²) in [6.45, 7) is 2.57. The van der Waals surface area contributed by atoms with Gasteiger partial charge in [0, 0.05) is 17.9 Å². The van der Waals surface area contributed by atoms with E-state index in [1.165, 1.54) is 0 Å². The third kappa shape index (κ3) is 2.15. The van der Waals surface area contributed by atoms with E-state index in [0.717, 1.165) is 24.2 Å². The summed E-state index contributed by atoms with van der Waals surface area (Å²) < 4.78 is 11.0. The van der Waals surface area contributed by atoms with Crippen LogP contribution in [-0.4, -0.2) is 12.4 Å². The predicted octanol–water partition coefficient (Wildman–Crippen LogP) is 3.66. The summed E-state index contributed by atoms with van der Waals surface area (Å²) in [5, 5.41) is 0.551. The molecule has 3 nitrogen and oxygen atoms in total. The Morgan fingerprint density at radius 2 is 2.21 bits per heavy atom. The molecule has 0 unspecified atom stereocenters.